The van der Waals surface area contributed by atoms with Gasteiger partial charge in [0.15, 0.2) is 11.5 Å². The fourth-order valence-corrected chi connectivity index (χ4v) is 5.29. The Labute approximate surface area is 273 Å². The van der Waals surface area contributed by atoms with Crippen molar-refractivity contribution in [2.75, 3.05) is 20.3 Å². The molecule has 1 amide bonds. The molecule has 1 aromatic heterocycles. The summed E-state index contributed by atoms with van der Waals surface area (Å²) in [5, 5.41) is 5.43. The van der Waals surface area contributed by atoms with Crippen LogP contribution in [0.15, 0.2) is 88.4 Å². The molecule has 0 radical (unpaired) electrons. The Morgan fingerprint density at radius 2 is 1.69 bits per heavy atom. The molecular weight excluding hydrogens is 662 g/mol. The first-order chi connectivity index (χ1) is 21.8. The van der Waals surface area contributed by atoms with E-state index in [0.717, 1.165) is 15.4 Å². The van der Waals surface area contributed by atoms with E-state index in [-0.39, 0.29) is 17.0 Å². The Balaban J connectivity index is 1.41. The first-order valence-electron chi connectivity index (χ1n) is 14.0. The lowest BCUT2D eigenvalue weighted by Crippen LogP contribution is -2.19. The maximum absolute atomic E-state index is 13.5. The zero-order valence-corrected chi connectivity index (χ0v) is 27.0. The van der Waals surface area contributed by atoms with Crippen molar-refractivity contribution in [3.05, 3.63) is 105 Å². The second-order valence-electron chi connectivity index (χ2n) is 9.56. The number of aromatic nitrogens is 1. The highest BCUT2D eigenvalue weighted by atomic mass is 79.9. The largest absolute Gasteiger partial charge is 0.497 e. The van der Waals surface area contributed by atoms with Crippen LogP contribution >= 0.6 is 27.5 Å². The SMILES string of the molecule is CCOc1ccc(C(=O)Oc2ccc(Br)cc2C=NNC(=O)c2[nH]c3ccc(OC)cc3c2-c2ccccc2Cl)cc1OCC. The molecule has 0 saturated carbocycles. The van der Waals surface area contributed by atoms with Crippen molar-refractivity contribution in [2.45, 2.75) is 13.8 Å². The second-order valence-corrected chi connectivity index (χ2v) is 10.9. The van der Waals surface area contributed by atoms with Crippen LogP contribution in [0.25, 0.3) is 22.0 Å². The van der Waals surface area contributed by atoms with Gasteiger partial charge in [-0.25, -0.2) is 10.2 Å². The van der Waals surface area contributed by atoms with Crippen LogP contribution in [0.3, 0.4) is 0 Å². The quantitative estimate of drug-likeness (QED) is 0.0628. The van der Waals surface area contributed by atoms with Crippen molar-refractivity contribution in [3.63, 3.8) is 0 Å². The lowest BCUT2D eigenvalue weighted by Gasteiger charge is -2.13. The number of hydrogen-bond donors (Lipinski definition) is 2. The number of rotatable bonds is 11. The number of amides is 1. The van der Waals surface area contributed by atoms with Crippen molar-refractivity contribution in [1.29, 1.82) is 0 Å². The van der Waals surface area contributed by atoms with E-state index in [1.165, 1.54) is 6.21 Å². The molecule has 5 rings (SSSR count). The van der Waals surface area contributed by atoms with Crippen LogP contribution in [0.2, 0.25) is 5.02 Å². The van der Waals surface area contributed by atoms with Crippen LogP contribution < -0.4 is 24.4 Å². The van der Waals surface area contributed by atoms with E-state index in [9.17, 15) is 9.59 Å². The number of esters is 1. The molecule has 45 heavy (non-hydrogen) atoms. The molecule has 0 unspecified atom stereocenters. The molecule has 0 saturated heterocycles. The van der Waals surface area contributed by atoms with Crippen LogP contribution in [-0.2, 0) is 0 Å². The summed E-state index contributed by atoms with van der Waals surface area (Å²) in [4.78, 5) is 29.8. The molecule has 0 bridgehead atoms. The van der Waals surface area contributed by atoms with Gasteiger partial charge in [0.05, 0.1) is 32.1 Å². The number of H-pyrrole nitrogens is 1. The van der Waals surface area contributed by atoms with Crippen molar-refractivity contribution in [2.24, 2.45) is 5.10 Å². The topological polar surface area (TPSA) is 111 Å². The summed E-state index contributed by atoms with van der Waals surface area (Å²) in [6.45, 7) is 4.58. The summed E-state index contributed by atoms with van der Waals surface area (Å²) in [7, 11) is 1.58. The second kappa shape index (κ2) is 14.3. The lowest BCUT2D eigenvalue weighted by molar-refractivity contribution is 0.0733. The maximum Gasteiger partial charge on any atom is 0.343 e. The minimum Gasteiger partial charge on any atom is -0.497 e. The monoisotopic (exact) mass is 689 g/mol. The fourth-order valence-electron chi connectivity index (χ4n) is 4.68. The number of hydrazone groups is 1. The van der Waals surface area contributed by atoms with Crippen LogP contribution in [0.1, 0.15) is 40.3 Å². The average molecular weight is 691 g/mol. The lowest BCUT2D eigenvalue weighted by atomic mass is 10.0. The van der Waals surface area contributed by atoms with Crippen LogP contribution in [0.4, 0.5) is 0 Å². The first-order valence-corrected chi connectivity index (χ1v) is 15.2. The maximum atomic E-state index is 13.5. The number of hydrogen-bond acceptors (Lipinski definition) is 7. The summed E-state index contributed by atoms with van der Waals surface area (Å²) in [6, 6.07) is 22.7. The normalized spacial score (nSPS) is 11.0. The van der Waals surface area contributed by atoms with Gasteiger partial charge in [-0.3, -0.25) is 4.79 Å². The number of carbonyl (C=O) groups excluding carboxylic acids is 2. The molecule has 230 valence electrons. The van der Waals surface area contributed by atoms with E-state index in [0.29, 0.717) is 52.2 Å². The molecule has 0 aliphatic carbocycles. The molecule has 0 aliphatic heterocycles. The zero-order valence-electron chi connectivity index (χ0n) is 24.6. The number of benzene rings is 4. The van der Waals surface area contributed by atoms with Crippen molar-refractivity contribution in [3.8, 4) is 34.1 Å². The Hall–Kier alpha value is -4.80. The van der Waals surface area contributed by atoms with Gasteiger partial charge in [0.1, 0.15) is 17.2 Å². The number of carbonyl (C=O) groups is 2. The Morgan fingerprint density at radius 3 is 2.44 bits per heavy atom. The third kappa shape index (κ3) is 7.13. The van der Waals surface area contributed by atoms with E-state index >= 15 is 0 Å². The molecule has 0 aliphatic rings. The van der Waals surface area contributed by atoms with Crippen LogP contribution in [0.5, 0.6) is 23.0 Å². The fraction of sp³-hybridized carbons (Fsp3) is 0.147. The minimum absolute atomic E-state index is 0.238. The van der Waals surface area contributed by atoms with Crippen LogP contribution in [-0.4, -0.2) is 43.4 Å². The Kier molecular flexibility index (Phi) is 10.1. The van der Waals surface area contributed by atoms with Gasteiger partial charge >= 0.3 is 5.97 Å². The molecule has 11 heteroatoms. The zero-order chi connectivity index (χ0) is 31.9. The van der Waals surface area contributed by atoms with E-state index in [1.807, 2.05) is 44.2 Å². The predicted molar refractivity (Wildman–Crippen MR) is 178 cm³/mol. The van der Waals surface area contributed by atoms with Gasteiger partial charge in [-0.15, -0.1) is 0 Å². The van der Waals surface area contributed by atoms with Gasteiger partial charge in [0.2, 0.25) is 0 Å². The van der Waals surface area contributed by atoms with Gasteiger partial charge in [-0.2, -0.15) is 5.10 Å². The molecule has 0 spiro atoms. The Morgan fingerprint density at radius 1 is 0.933 bits per heavy atom. The summed E-state index contributed by atoms with van der Waals surface area (Å²) in [5.74, 6) is 0.759. The molecule has 4 aromatic carbocycles. The summed E-state index contributed by atoms with van der Waals surface area (Å²) in [5.41, 5.74) is 5.59. The van der Waals surface area contributed by atoms with Crippen molar-refractivity contribution >= 4 is 56.5 Å². The smallest absolute Gasteiger partial charge is 0.343 e. The number of halogens is 2. The van der Waals surface area contributed by atoms with E-state index in [2.05, 4.69) is 31.4 Å². The van der Waals surface area contributed by atoms with Gasteiger partial charge in [-0.05, 0) is 74.5 Å². The van der Waals surface area contributed by atoms with Crippen molar-refractivity contribution in [1.82, 2.24) is 10.4 Å². The Bertz CT molecular complexity index is 1900. The number of methoxy groups -OCH3 is 1. The van der Waals surface area contributed by atoms with Crippen molar-refractivity contribution < 1.29 is 28.5 Å². The number of ether oxygens (including phenoxy) is 4. The molecule has 0 fully saturated rings. The molecule has 2 N–H and O–H groups in total. The highest BCUT2D eigenvalue weighted by molar-refractivity contribution is 9.10. The number of nitrogens with zero attached hydrogens (tertiary/aromatic N) is 1. The van der Waals surface area contributed by atoms with Gasteiger partial charge in [-0.1, -0.05) is 45.7 Å². The molecule has 9 nitrogen and oxygen atoms in total. The predicted octanol–water partition coefficient (Wildman–Crippen LogP) is 8.04. The highest BCUT2D eigenvalue weighted by Gasteiger charge is 2.21. The minimum atomic E-state index is -0.599. The summed E-state index contributed by atoms with van der Waals surface area (Å²) >= 11 is 9.99. The summed E-state index contributed by atoms with van der Waals surface area (Å²) in [6.07, 6.45) is 1.40. The number of aromatic amines is 1. The standard InChI is InChI=1S/C34H29BrClN3O6/c1-4-43-29-14-10-20(17-30(29)44-5-2)34(41)45-28-15-11-22(35)16-21(28)19-37-39-33(40)32-31(24-8-6-7-9-26(24)36)25-18-23(42-3)12-13-27(25)38-32/h6-19,38H,4-5H2,1-3H3,(H,39,40). The van der Waals surface area contributed by atoms with E-state index in [1.54, 1.807) is 55.6 Å². The van der Waals surface area contributed by atoms with Gasteiger partial charge in [0, 0.05) is 37.1 Å². The van der Waals surface area contributed by atoms with Crippen LogP contribution in [0, 0.1) is 0 Å². The van der Waals surface area contributed by atoms with E-state index < -0.39 is 11.9 Å². The third-order valence-electron chi connectivity index (χ3n) is 6.70. The number of nitrogens with one attached hydrogen (secondary N) is 2. The molecule has 1 heterocycles. The third-order valence-corrected chi connectivity index (χ3v) is 7.52. The average Bonchev–Trinajstić information content (AvgIpc) is 3.42. The molecule has 5 aromatic rings. The van der Waals surface area contributed by atoms with E-state index in [4.69, 9.17) is 30.5 Å². The number of fused-ring (bicyclic) bond motifs is 1. The first kappa shape index (κ1) is 31.6. The summed E-state index contributed by atoms with van der Waals surface area (Å²) < 4.78 is 23.1. The molecule has 0 atom stereocenters. The van der Waals surface area contributed by atoms with Gasteiger partial charge < -0.3 is 23.9 Å². The molecular formula is C34H29BrClN3O6. The highest BCUT2D eigenvalue weighted by Crippen LogP contribution is 2.38. The van der Waals surface area contributed by atoms with Gasteiger partial charge in [0.25, 0.3) is 5.91 Å².